The van der Waals surface area contributed by atoms with Crippen LogP contribution in [0.5, 0.6) is 11.5 Å². The molecule has 0 aromatic heterocycles. The first-order chi connectivity index (χ1) is 14.0. The van der Waals surface area contributed by atoms with Crippen molar-refractivity contribution in [3.63, 3.8) is 0 Å². The number of fused-ring (bicyclic) bond motifs is 2. The molecule has 3 atom stereocenters. The average Bonchev–Trinajstić information content (AvgIpc) is 2.67. The Morgan fingerprint density at radius 1 is 1.30 bits per heavy atom. The molecule has 0 spiro atoms. The van der Waals surface area contributed by atoms with Crippen molar-refractivity contribution >= 4 is 17.9 Å². The van der Waals surface area contributed by atoms with Gasteiger partial charge < -0.3 is 10.2 Å². The highest BCUT2D eigenvalue weighted by Gasteiger charge is 2.56. The molecule has 160 valence electrons. The lowest BCUT2D eigenvalue weighted by Gasteiger charge is -2.47. The number of carbonyl (C=O) groups is 3. The molecule has 0 saturated carbocycles. The monoisotopic (exact) mass is 409 g/mol. The molecule has 3 unspecified atom stereocenters. The van der Waals surface area contributed by atoms with Crippen LogP contribution in [-0.2, 0) is 0 Å². The molecule has 0 bridgehead atoms. The first-order valence-electron chi connectivity index (χ1n) is 10.4. The Hall–Kier alpha value is -2.69. The van der Waals surface area contributed by atoms with Gasteiger partial charge in [0.25, 0.3) is 0 Å². The summed E-state index contributed by atoms with van der Waals surface area (Å²) in [5, 5.41) is 23.2. The fraction of sp³-hybridized carbons (Fsp3) is 0.480. The standard InChI is InChI=1S/C25H30O5/c1-12(2)7-8-15-14(5)9-10-25(6)20(15)22(28)18-16(11-26)21(27)23(29)17(13(3)4)19(18)24(25)30/h7,9,11,13,15,20,27,29H,8,10H2,1-6H3/p-1. The van der Waals surface area contributed by atoms with Crippen LogP contribution in [0.2, 0.25) is 0 Å². The van der Waals surface area contributed by atoms with Crippen molar-refractivity contribution in [1.29, 1.82) is 0 Å². The van der Waals surface area contributed by atoms with Crippen molar-refractivity contribution in [2.75, 3.05) is 0 Å². The van der Waals surface area contributed by atoms with Crippen LogP contribution in [0, 0.1) is 17.3 Å². The van der Waals surface area contributed by atoms with Gasteiger partial charge in [0, 0.05) is 22.5 Å². The van der Waals surface area contributed by atoms with Crippen molar-refractivity contribution < 1.29 is 24.6 Å². The first kappa shape index (κ1) is 22.0. The van der Waals surface area contributed by atoms with E-state index in [0.717, 1.165) is 11.1 Å². The first-order valence-corrected chi connectivity index (χ1v) is 10.4. The molecule has 1 aromatic rings. The molecular formula is C25H29O5-. The lowest BCUT2D eigenvalue weighted by molar-refractivity contribution is -0.271. The molecule has 2 aliphatic carbocycles. The fourth-order valence-corrected chi connectivity index (χ4v) is 5.10. The summed E-state index contributed by atoms with van der Waals surface area (Å²) in [6.45, 7) is 11.2. The van der Waals surface area contributed by atoms with E-state index in [-0.39, 0.29) is 45.7 Å². The van der Waals surface area contributed by atoms with Crippen LogP contribution in [-0.4, -0.2) is 23.0 Å². The molecule has 0 heterocycles. The summed E-state index contributed by atoms with van der Waals surface area (Å²) in [7, 11) is 0. The molecule has 0 radical (unpaired) electrons. The molecule has 0 saturated heterocycles. The van der Waals surface area contributed by atoms with Crippen LogP contribution >= 0.6 is 0 Å². The number of Topliss-reactive ketones (excluding diaryl/α,β-unsaturated/α-hetero) is 2. The number of aromatic hydroxyl groups is 1. The van der Waals surface area contributed by atoms with Gasteiger partial charge in [0.05, 0.1) is 5.56 Å². The van der Waals surface area contributed by atoms with Crippen LogP contribution in [0.1, 0.15) is 96.9 Å². The lowest BCUT2D eigenvalue weighted by atomic mass is 9.53. The summed E-state index contributed by atoms with van der Waals surface area (Å²) in [6.07, 6.45) is 5.41. The van der Waals surface area contributed by atoms with E-state index in [4.69, 9.17) is 0 Å². The third-order valence-electron chi connectivity index (χ3n) is 6.78. The minimum absolute atomic E-state index is 0.0348. The molecule has 2 aliphatic rings. The average molecular weight is 410 g/mol. The predicted molar refractivity (Wildman–Crippen MR) is 113 cm³/mol. The van der Waals surface area contributed by atoms with Gasteiger partial charge in [0.1, 0.15) is 5.75 Å². The number of rotatable bonds is 4. The van der Waals surface area contributed by atoms with Gasteiger partial charge in [0.15, 0.2) is 17.9 Å². The van der Waals surface area contributed by atoms with Gasteiger partial charge >= 0.3 is 0 Å². The smallest absolute Gasteiger partial charge is 0.170 e. The molecule has 3 rings (SSSR count). The van der Waals surface area contributed by atoms with E-state index in [0.29, 0.717) is 19.1 Å². The SMILES string of the molecule is CC(C)=CCC1C(C)=CCC2(C)C(=O)c3c(c(C=O)c(O)c([O-])c3C(C)C)C(=O)C12. The van der Waals surface area contributed by atoms with Crippen molar-refractivity contribution in [3.05, 3.63) is 45.6 Å². The Balaban J connectivity index is 2.36. The molecule has 0 amide bonds. The number of allylic oxidation sites excluding steroid dienone is 4. The highest BCUT2D eigenvalue weighted by atomic mass is 16.3. The fourth-order valence-electron chi connectivity index (χ4n) is 5.10. The summed E-state index contributed by atoms with van der Waals surface area (Å²) in [4.78, 5) is 39.5. The predicted octanol–water partition coefficient (Wildman–Crippen LogP) is 4.73. The second-order valence-corrected chi connectivity index (χ2v) is 9.39. The number of aldehydes is 1. The van der Waals surface area contributed by atoms with Gasteiger partial charge in [0.2, 0.25) is 0 Å². The van der Waals surface area contributed by atoms with E-state index in [2.05, 4.69) is 6.08 Å². The Labute approximate surface area is 177 Å². The normalized spacial score (nSPS) is 25.5. The molecule has 1 aromatic carbocycles. The van der Waals surface area contributed by atoms with Crippen molar-refractivity contribution in [2.24, 2.45) is 17.3 Å². The van der Waals surface area contributed by atoms with E-state index < -0.39 is 22.8 Å². The third-order valence-corrected chi connectivity index (χ3v) is 6.78. The minimum atomic E-state index is -0.989. The van der Waals surface area contributed by atoms with Gasteiger partial charge in [-0.25, -0.2) is 0 Å². The second-order valence-electron chi connectivity index (χ2n) is 9.39. The maximum Gasteiger partial charge on any atom is 0.170 e. The number of phenolic OH excluding ortho intramolecular Hbond substituents is 1. The van der Waals surface area contributed by atoms with Crippen LogP contribution in [0.3, 0.4) is 0 Å². The molecule has 1 N–H and O–H groups in total. The lowest BCUT2D eigenvalue weighted by Crippen LogP contribution is -2.51. The van der Waals surface area contributed by atoms with Crippen LogP contribution in [0.25, 0.3) is 0 Å². The van der Waals surface area contributed by atoms with Crippen molar-refractivity contribution in [2.45, 2.75) is 60.3 Å². The summed E-state index contributed by atoms with van der Waals surface area (Å²) < 4.78 is 0. The van der Waals surface area contributed by atoms with Gasteiger partial charge in [-0.3, -0.25) is 14.4 Å². The zero-order valence-corrected chi connectivity index (χ0v) is 18.5. The van der Waals surface area contributed by atoms with E-state index >= 15 is 0 Å². The molecule has 0 aliphatic heterocycles. The van der Waals surface area contributed by atoms with Gasteiger partial charge in [-0.1, -0.05) is 49.8 Å². The maximum atomic E-state index is 13.8. The second kappa shape index (κ2) is 7.53. The topological polar surface area (TPSA) is 94.5 Å². The Morgan fingerprint density at radius 2 is 1.93 bits per heavy atom. The summed E-state index contributed by atoms with van der Waals surface area (Å²) in [6, 6.07) is 0. The number of hydrogen-bond acceptors (Lipinski definition) is 5. The Morgan fingerprint density at radius 3 is 2.47 bits per heavy atom. The number of ketones is 2. The Bertz CT molecular complexity index is 1010. The molecule has 0 fully saturated rings. The zero-order valence-electron chi connectivity index (χ0n) is 18.5. The van der Waals surface area contributed by atoms with Crippen molar-refractivity contribution in [1.82, 2.24) is 0 Å². The molecule has 5 heteroatoms. The van der Waals surface area contributed by atoms with Crippen LogP contribution in [0.15, 0.2) is 23.3 Å². The number of carbonyl (C=O) groups excluding carboxylic acids is 3. The van der Waals surface area contributed by atoms with E-state index in [1.165, 1.54) is 0 Å². The van der Waals surface area contributed by atoms with Crippen LogP contribution in [0.4, 0.5) is 0 Å². The molecular weight excluding hydrogens is 380 g/mol. The largest absolute Gasteiger partial charge is 0.870 e. The van der Waals surface area contributed by atoms with Gasteiger partial charge in [-0.2, -0.15) is 0 Å². The molecule has 30 heavy (non-hydrogen) atoms. The number of benzene rings is 1. The number of phenols is 1. The van der Waals surface area contributed by atoms with Gasteiger partial charge in [-0.05, 0) is 51.0 Å². The van der Waals surface area contributed by atoms with E-state index in [1.54, 1.807) is 20.8 Å². The minimum Gasteiger partial charge on any atom is -0.870 e. The van der Waals surface area contributed by atoms with E-state index in [9.17, 15) is 24.6 Å². The summed E-state index contributed by atoms with van der Waals surface area (Å²) >= 11 is 0. The Kier molecular flexibility index (Phi) is 5.52. The highest BCUT2D eigenvalue weighted by Crippen LogP contribution is 2.55. The summed E-state index contributed by atoms with van der Waals surface area (Å²) in [5.41, 5.74) is 0.904. The van der Waals surface area contributed by atoms with E-state index in [1.807, 2.05) is 26.8 Å². The molecule has 5 nitrogen and oxygen atoms in total. The highest BCUT2D eigenvalue weighted by molar-refractivity contribution is 6.22. The quantitative estimate of drug-likeness (QED) is 0.573. The van der Waals surface area contributed by atoms with Crippen LogP contribution < -0.4 is 5.11 Å². The third kappa shape index (κ3) is 3.03. The number of hydrogen-bond donors (Lipinski definition) is 1. The zero-order chi connectivity index (χ0) is 22.5. The van der Waals surface area contributed by atoms with Crippen molar-refractivity contribution in [3.8, 4) is 11.5 Å². The maximum absolute atomic E-state index is 13.8. The van der Waals surface area contributed by atoms with Gasteiger partial charge in [-0.15, -0.1) is 0 Å². The summed E-state index contributed by atoms with van der Waals surface area (Å²) in [5.74, 6) is -3.29.